The fourth-order valence-corrected chi connectivity index (χ4v) is 2.47. The molecule has 0 atom stereocenters. The molecule has 132 valence electrons. The van der Waals surface area contributed by atoms with Crippen LogP contribution in [-0.4, -0.2) is 6.61 Å². The highest BCUT2D eigenvalue weighted by Gasteiger charge is 1.93. The highest BCUT2D eigenvalue weighted by Crippen LogP contribution is 2.11. The predicted octanol–water partition coefficient (Wildman–Crippen LogP) is 5.78. The minimum Gasteiger partial charge on any atom is -0.494 e. The van der Waals surface area contributed by atoms with Gasteiger partial charge < -0.3 is 4.74 Å². The summed E-state index contributed by atoms with van der Waals surface area (Å²) in [6.45, 7) is 4.88. The SMILES string of the molecule is CCCCCc1ccc(C#CC=CC#Cc2ccc(OCC)cc2)cc1. The molecule has 1 heteroatoms. The van der Waals surface area contributed by atoms with Crippen molar-refractivity contribution in [2.24, 2.45) is 0 Å². The van der Waals surface area contributed by atoms with Crippen LogP contribution in [0.5, 0.6) is 5.75 Å². The van der Waals surface area contributed by atoms with Crippen LogP contribution in [0.25, 0.3) is 0 Å². The minimum absolute atomic E-state index is 0.675. The highest BCUT2D eigenvalue weighted by atomic mass is 16.5. The monoisotopic (exact) mass is 342 g/mol. The Morgan fingerprint density at radius 3 is 1.88 bits per heavy atom. The van der Waals surface area contributed by atoms with E-state index in [1.54, 1.807) is 12.2 Å². The van der Waals surface area contributed by atoms with Crippen LogP contribution in [0.15, 0.2) is 60.7 Å². The van der Waals surface area contributed by atoms with Crippen LogP contribution in [0.2, 0.25) is 0 Å². The van der Waals surface area contributed by atoms with E-state index in [1.165, 1.54) is 24.8 Å². The fourth-order valence-electron chi connectivity index (χ4n) is 2.47. The van der Waals surface area contributed by atoms with Crippen LogP contribution in [0.4, 0.5) is 0 Å². The lowest BCUT2D eigenvalue weighted by molar-refractivity contribution is 0.340. The summed E-state index contributed by atoms with van der Waals surface area (Å²) < 4.78 is 5.41. The van der Waals surface area contributed by atoms with Crippen molar-refractivity contribution in [2.75, 3.05) is 6.61 Å². The maximum absolute atomic E-state index is 5.41. The maximum atomic E-state index is 5.41. The van der Waals surface area contributed by atoms with Crippen LogP contribution in [0, 0.1) is 23.7 Å². The third-order valence-electron chi connectivity index (χ3n) is 3.87. The Morgan fingerprint density at radius 2 is 1.35 bits per heavy atom. The number of hydrogen-bond acceptors (Lipinski definition) is 1. The van der Waals surface area contributed by atoms with Crippen molar-refractivity contribution in [1.82, 2.24) is 0 Å². The van der Waals surface area contributed by atoms with E-state index in [0.29, 0.717) is 6.61 Å². The molecular weight excluding hydrogens is 316 g/mol. The molecule has 0 N–H and O–H groups in total. The molecular formula is C25H26O. The first-order valence-electron chi connectivity index (χ1n) is 9.31. The molecule has 0 aliphatic rings. The topological polar surface area (TPSA) is 9.23 Å². The van der Waals surface area contributed by atoms with Crippen LogP contribution in [0.3, 0.4) is 0 Å². The molecule has 0 radical (unpaired) electrons. The van der Waals surface area contributed by atoms with Crippen LogP contribution >= 0.6 is 0 Å². The van der Waals surface area contributed by atoms with Crippen molar-refractivity contribution in [3.05, 3.63) is 77.4 Å². The van der Waals surface area contributed by atoms with E-state index < -0.39 is 0 Å². The molecule has 26 heavy (non-hydrogen) atoms. The largest absolute Gasteiger partial charge is 0.494 e. The van der Waals surface area contributed by atoms with Crippen LogP contribution in [0.1, 0.15) is 49.8 Å². The van der Waals surface area contributed by atoms with E-state index in [1.807, 2.05) is 31.2 Å². The molecule has 0 spiro atoms. The molecule has 0 aliphatic carbocycles. The number of hydrogen-bond donors (Lipinski definition) is 0. The maximum Gasteiger partial charge on any atom is 0.119 e. The van der Waals surface area contributed by atoms with Gasteiger partial charge in [0.1, 0.15) is 5.75 Å². The second-order valence-corrected chi connectivity index (χ2v) is 5.98. The van der Waals surface area contributed by atoms with Gasteiger partial charge in [0.05, 0.1) is 6.61 Å². The van der Waals surface area contributed by atoms with Crippen LogP contribution in [-0.2, 0) is 6.42 Å². The molecule has 0 saturated carbocycles. The summed E-state index contributed by atoms with van der Waals surface area (Å²) in [6.07, 6.45) is 8.54. The first-order valence-corrected chi connectivity index (χ1v) is 9.31. The van der Waals surface area contributed by atoms with Gasteiger partial charge in [0, 0.05) is 11.1 Å². The third kappa shape index (κ3) is 7.33. The van der Waals surface area contributed by atoms with E-state index in [-0.39, 0.29) is 0 Å². The Kier molecular flexibility index (Phi) is 8.68. The molecule has 0 heterocycles. The van der Waals surface area contributed by atoms with Gasteiger partial charge in [-0.2, -0.15) is 0 Å². The first-order chi connectivity index (χ1) is 12.8. The van der Waals surface area contributed by atoms with Crippen molar-refractivity contribution in [3.63, 3.8) is 0 Å². The van der Waals surface area contributed by atoms with E-state index >= 15 is 0 Å². The average molecular weight is 342 g/mol. The van der Waals surface area contributed by atoms with Gasteiger partial charge in [0.15, 0.2) is 0 Å². The zero-order valence-electron chi connectivity index (χ0n) is 15.7. The third-order valence-corrected chi connectivity index (χ3v) is 3.87. The van der Waals surface area contributed by atoms with Gasteiger partial charge in [-0.3, -0.25) is 0 Å². The van der Waals surface area contributed by atoms with E-state index in [0.717, 1.165) is 23.3 Å². The van der Waals surface area contributed by atoms with Crippen LogP contribution < -0.4 is 4.74 Å². The van der Waals surface area contributed by atoms with Crippen molar-refractivity contribution >= 4 is 0 Å². The number of ether oxygens (including phenoxy) is 1. The molecule has 0 aromatic heterocycles. The normalized spacial score (nSPS) is 9.92. The lowest BCUT2D eigenvalue weighted by atomic mass is 10.1. The summed E-state index contributed by atoms with van der Waals surface area (Å²) in [4.78, 5) is 0. The number of unbranched alkanes of at least 4 members (excludes halogenated alkanes) is 2. The predicted molar refractivity (Wildman–Crippen MR) is 110 cm³/mol. The molecule has 1 nitrogen and oxygen atoms in total. The van der Waals surface area contributed by atoms with Gasteiger partial charge in [0.2, 0.25) is 0 Å². The Bertz CT molecular complexity index is 803. The van der Waals surface area contributed by atoms with Gasteiger partial charge in [-0.15, -0.1) is 0 Å². The summed E-state index contributed by atoms with van der Waals surface area (Å²) in [6, 6.07) is 16.3. The number of allylic oxidation sites excluding steroid dienone is 2. The molecule has 2 aromatic rings. The van der Waals surface area contributed by atoms with Gasteiger partial charge in [-0.25, -0.2) is 0 Å². The molecule has 2 rings (SSSR count). The van der Waals surface area contributed by atoms with E-state index in [9.17, 15) is 0 Å². The summed E-state index contributed by atoms with van der Waals surface area (Å²) in [5.41, 5.74) is 3.39. The zero-order chi connectivity index (χ0) is 18.5. The van der Waals surface area contributed by atoms with Crippen molar-refractivity contribution in [1.29, 1.82) is 0 Å². The second kappa shape index (κ2) is 11.6. The van der Waals surface area contributed by atoms with Gasteiger partial charge >= 0.3 is 0 Å². The second-order valence-electron chi connectivity index (χ2n) is 5.98. The minimum atomic E-state index is 0.675. The Labute approximate surface area is 158 Å². The summed E-state index contributed by atoms with van der Waals surface area (Å²) in [5, 5.41) is 0. The first kappa shape index (κ1) is 19.4. The fraction of sp³-hybridized carbons (Fsp3) is 0.280. The quantitative estimate of drug-likeness (QED) is 0.478. The van der Waals surface area contributed by atoms with E-state index in [2.05, 4.69) is 54.9 Å². The Hall–Kier alpha value is -2.90. The molecule has 2 aromatic carbocycles. The lowest BCUT2D eigenvalue weighted by Gasteiger charge is -2.01. The number of rotatable bonds is 6. The molecule has 0 bridgehead atoms. The smallest absolute Gasteiger partial charge is 0.119 e. The summed E-state index contributed by atoms with van der Waals surface area (Å²) in [5.74, 6) is 13.1. The summed E-state index contributed by atoms with van der Waals surface area (Å²) in [7, 11) is 0. The van der Waals surface area contributed by atoms with Gasteiger partial charge in [0.25, 0.3) is 0 Å². The van der Waals surface area contributed by atoms with Crippen molar-refractivity contribution in [3.8, 4) is 29.4 Å². The molecule has 0 aliphatic heterocycles. The lowest BCUT2D eigenvalue weighted by Crippen LogP contribution is -1.90. The molecule has 0 unspecified atom stereocenters. The van der Waals surface area contributed by atoms with Gasteiger partial charge in [-0.1, -0.05) is 55.6 Å². The number of benzene rings is 2. The Morgan fingerprint density at radius 1 is 0.769 bits per heavy atom. The molecule has 0 fully saturated rings. The van der Waals surface area contributed by atoms with Gasteiger partial charge in [-0.05, 0) is 73.9 Å². The standard InChI is InChI=1S/C25H26O/c1-3-5-8-11-22-14-16-23(17-15-22)12-9-6-7-10-13-24-18-20-25(21-19-24)26-4-2/h6-7,14-21H,3-5,8,11H2,1-2H3. The van der Waals surface area contributed by atoms with Crippen molar-refractivity contribution in [2.45, 2.75) is 39.5 Å². The van der Waals surface area contributed by atoms with E-state index in [4.69, 9.17) is 4.74 Å². The van der Waals surface area contributed by atoms with Crippen molar-refractivity contribution < 1.29 is 4.74 Å². The summed E-state index contributed by atoms with van der Waals surface area (Å²) >= 11 is 0. The molecule has 0 saturated heterocycles. The Balaban J connectivity index is 1.84. The number of aryl methyl sites for hydroxylation is 1. The molecule has 0 amide bonds. The highest BCUT2D eigenvalue weighted by molar-refractivity contribution is 5.42. The zero-order valence-corrected chi connectivity index (χ0v) is 15.7. The average Bonchev–Trinajstić information content (AvgIpc) is 2.67.